The molecule has 0 unspecified atom stereocenters. The second-order valence-electron chi connectivity index (χ2n) is 7.14. The fraction of sp³-hybridized carbons (Fsp3) is 0.818. The molecule has 0 spiro atoms. The van der Waals surface area contributed by atoms with Crippen LogP contribution in [0.4, 0.5) is 0 Å². The Labute approximate surface area is 161 Å². The average Bonchev–Trinajstić information content (AvgIpc) is 2.62. The molecule has 0 rings (SSSR count). The lowest BCUT2D eigenvalue weighted by atomic mass is 10.1. The number of hydrogen-bond donors (Lipinski definition) is 1. The number of rotatable bonds is 18. The molecular weight excluding hydrogens is 326 g/mol. The van der Waals surface area contributed by atoms with Gasteiger partial charge in [0.15, 0.2) is 0 Å². The Bertz CT molecular complexity index is 380. The first-order valence-corrected chi connectivity index (χ1v) is 10.8. The molecule has 0 atom stereocenters. The maximum absolute atomic E-state index is 11.9. The van der Waals surface area contributed by atoms with Crippen LogP contribution in [0.25, 0.3) is 0 Å². The number of likely N-dealkylation sites (N-methyl/N-ethyl adjacent to an activating group) is 1. The number of carbonyl (C=O) groups is 2. The monoisotopic (exact) mass is 367 g/mol. The van der Waals surface area contributed by atoms with E-state index >= 15 is 0 Å². The fourth-order valence-corrected chi connectivity index (χ4v) is 3.04. The molecule has 1 N–H and O–H groups in total. The average molecular weight is 368 g/mol. The van der Waals surface area contributed by atoms with E-state index in [9.17, 15) is 9.59 Å². The Hall–Kier alpha value is -1.32. The highest BCUT2D eigenvalue weighted by molar-refractivity contribution is 5.81. The van der Waals surface area contributed by atoms with Crippen LogP contribution in [0.3, 0.4) is 0 Å². The van der Waals surface area contributed by atoms with Crippen LogP contribution in [-0.4, -0.2) is 35.0 Å². The number of aliphatic carboxylic acids is 1. The van der Waals surface area contributed by atoms with Crippen LogP contribution >= 0.6 is 0 Å². The van der Waals surface area contributed by atoms with Crippen molar-refractivity contribution in [3.63, 3.8) is 0 Å². The number of nitrogens with zero attached hydrogens (tertiary/aromatic N) is 1. The van der Waals surface area contributed by atoms with Gasteiger partial charge in [0.05, 0.1) is 0 Å². The van der Waals surface area contributed by atoms with Crippen molar-refractivity contribution in [2.24, 2.45) is 0 Å². The predicted molar refractivity (Wildman–Crippen MR) is 109 cm³/mol. The number of hydrogen-bond acceptors (Lipinski definition) is 2. The highest BCUT2D eigenvalue weighted by atomic mass is 16.4. The highest BCUT2D eigenvalue weighted by Gasteiger charge is 2.13. The zero-order valence-corrected chi connectivity index (χ0v) is 17.2. The summed E-state index contributed by atoms with van der Waals surface area (Å²) in [6.45, 7) is 4.36. The molecule has 0 saturated carbocycles. The van der Waals surface area contributed by atoms with Crippen molar-refractivity contribution < 1.29 is 14.7 Å². The van der Waals surface area contributed by atoms with E-state index in [0.717, 1.165) is 25.7 Å². The van der Waals surface area contributed by atoms with Crippen LogP contribution in [0, 0.1) is 0 Å². The molecule has 4 heteroatoms. The molecule has 4 nitrogen and oxygen atoms in total. The van der Waals surface area contributed by atoms with Gasteiger partial charge in [-0.3, -0.25) is 9.59 Å². The van der Waals surface area contributed by atoms with Crippen molar-refractivity contribution in [3.8, 4) is 0 Å². The quantitative estimate of drug-likeness (QED) is 0.240. The summed E-state index contributed by atoms with van der Waals surface area (Å²) in [5.41, 5.74) is 0. The molecule has 0 aliphatic heterocycles. The fourth-order valence-electron chi connectivity index (χ4n) is 3.04. The van der Waals surface area contributed by atoms with Gasteiger partial charge in [0.1, 0.15) is 6.54 Å². The van der Waals surface area contributed by atoms with Gasteiger partial charge in [0.25, 0.3) is 0 Å². The van der Waals surface area contributed by atoms with Gasteiger partial charge in [-0.25, -0.2) is 0 Å². The summed E-state index contributed by atoms with van der Waals surface area (Å²) in [5.74, 6) is -0.975. The van der Waals surface area contributed by atoms with E-state index in [4.69, 9.17) is 5.11 Å². The van der Waals surface area contributed by atoms with Crippen molar-refractivity contribution in [2.75, 3.05) is 13.1 Å². The minimum Gasteiger partial charge on any atom is -0.480 e. The van der Waals surface area contributed by atoms with E-state index in [1.54, 1.807) is 0 Å². The van der Waals surface area contributed by atoms with Crippen LogP contribution in [-0.2, 0) is 9.59 Å². The molecule has 0 aliphatic carbocycles. The number of carboxylic acids is 1. The third kappa shape index (κ3) is 16.2. The Morgan fingerprint density at radius 1 is 0.769 bits per heavy atom. The summed E-state index contributed by atoms with van der Waals surface area (Å²) in [5, 5.41) is 8.77. The smallest absolute Gasteiger partial charge is 0.323 e. The normalized spacial score (nSPS) is 11.2. The van der Waals surface area contributed by atoms with Crippen LogP contribution in [0.15, 0.2) is 12.2 Å². The molecule has 0 aromatic rings. The summed E-state index contributed by atoms with van der Waals surface area (Å²) in [4.78, 5) is 24.0. The Kier molecular flexibility index (Phi) is 17.5. The van der Waals surface area contributed by atoms with Crippen molar-refractivity contribution in [1.29, 1.82) is 0 Å². The third-order valence-corrected chi connectivity index (χ3v) is 4.71. The minimum atomic E-state index is -0.940. The molecule has 0 aliphatic rings. The number of amides is 1. The lowest BCUT2D eigenvalue weighted by Gasteiger charge is -2.18. The van der Waals surface area contributed by atoms with Gasteiger partial charge in [-0.05, 0) is 39.0 Å². The summed E-state index contributed by atoms with van der Waals surface area (Å²) >= 11 is 0. The number of allylic oxidation sites excluding steroid dienone is 2. The second kappa shape index (κ2) is 18.5. The standard InChI is InChI=1S/C22H41NO3/c1-3-5-6-7-8-9-10-11-12-13-14-15-16-17-18-19-21(24)23(4-2)20-22(25)26/h11-12H,3-10,13-20H2,1-2H3,(H,25,26). The first-order valence-electron chi connectivity index (χ1n) is 10.8. The molecule has 1 amide bonds. The van der Waals surface area contributed by atoms with Crippen LogP contribution in [0.2, 0.25) is 0 Å². The predicted octanol–water partition coefficient (Wildman–Crippen LogP) is 5.96. The highest BCUT2D eigenvalue weighted by Crippen LogP contribution is 2.10. The summed E-state index contributed by atoms with van der Waals surface area (Å²) < 4.78 is 0. The van der Waals surface area contributed by atoms with E-state index in [0.29, 0.717) is 13.0 Å². The lowest BCUT2D eigenvalue weighted by molar-refractivity contribution is -0.144. The topological polar surface area (TPSA) is 57.6 Å². The SMILES string of the molecule is CCCCCCCCC=CCCCCCCCC(=O)N(CC)CC(=O)O. The zero-order chi connectivity index (χ0) is 19.5. The zero-order valence-electron chi connectivity index (χ0n) is 17.2. The Balaban J connectivity index is 3.41. The van der Waals surface area contributed by atoms with Gasteiger partial charge in [-0.1, -0.05) is 70.4 Å². The summed E-state index contributed by atoms with van der Waals surface area (Å²) in [6.07, 6.45) is 21.2. The number of carbonyl (C=O) groups excluding carboxylic acids is 1. The third-order valence-electron chi connectivity index (χ3n) is 4.71. The number of carboxylic acid groups (broad SMARTS) is 1. The molecule has 26 heavy (non-hydrogen) atoms. The molecule has 0 aromatic carbocycles. The van der Waals surface area contributed by atoms with E-state index in [-0.39, 0.29) is 12.5 Å². The van der Waals surface area contributed by atoms with Gasteiger partial charge < -0.3 is 10.0 Å². The largest absolute Gasteiger partial charge is 0.480 e. The van der Waals surface area contributed by atoms with Crippen molar-refractivity contribution in [3.05, 3.63) is 12.2 Å². The van der Waals surface area contributed by atoms with Crippen molar-refractivity contribution in [1.82, 2.24) is 4.90 Å². The Morgan fingerprint density at radius 3 is 1.77 bits per heavy atom. The Morgan fingerprint density at radius 2 is 1.27 bits per heavy atom. The van der Waals surface area contributed by atoms with Crippen LogP contribution < -0.4 is 0 Å². The van der Waals surface area contributed by atoms with E-state index in [1.165, 1.54) is 62.7 Å². The first-order chi connectivity index (χ1) is 12.6. The molecule has 0 bridgehead atoms. The van der Waals surface area contributed by atoms with E-state index < -0.39 is 5.97 Å². The number of unbranched alkanes of at least 4 members (excludes halogenated alkanes) is 11. The molecule has 0 radical (unpaired) electrons. The van der Waals surface area contributed by atoms with Crippen LogP contribution in [0.5, 0.6) is 0 Å². The molecule has 0 heterocycles. The summed E-state index contributed by atoms with van der Waals surface area (Å²) in [6, 6.07) is 0. The van der Waals surface area contributed by atoms with Crippen molar-refractivity contribution >= 4 is 11.9 Å². The first kappa shape index (κ1) is 24.7. The molecular formula is C22H41NO3. The van der Waals surface area contributed by atoms with Gasteiger partial charge in [-0.15, -0.1) is 0 Å². The maximum Gasteiger partial charge on any atom is 0.323 e. The molecule has 0 saturated heterocycles. The van der Waals surface area contributed by atoms with Gasteiger partial charge in [0, 0.05) is 13.0 Å². The van der Waals surface area contributed by atoms with E-state index in [2.05, 4.69) is 19.1 Å². The maximum atomic E-state index is 11.9. The van der Waals surface area contributed by atoms with Gasteiger partial charge >= 0.3 is 5.97 Å². The molecule has 152 valence electrons. The minimum absolute atomic E-state index is 0.0347. The second-order valence-corrected chi connectivity index (χ2v) is 7.14. The van der Waals surface area contributed by atoms with Gasteiger partial charge in [-0.2, -0.15) is 0 Å². The van der Waals surface area contributed by atoms with E-state index in [1.807, 2.05) is 6.92 Å². The van der Waals surface area contributed by atoms with Gasteiger partial charge in [0.2, 0.25) is 5.91 Å². The summed E-state index contributed by atoms with van der Waals surface area (Å²) in [7, 11) is 0. The lowest BCUT2D eigenvalue weighted by Crippen LogP contribution is -2.35. The van der Waals surface area contributed by atoms with Crippen molar-refractivity contribution in [2.45, 2.75) is 104 Å². The molecule has 0 fully saturated rings. The molecule has 0 aromatic heterocycles. The van der Waals surface area contributed by atoms with Crippen LogP contribution in [0.1, 0.15) is 104 Å².